The Balaban J connectivity index is 2.30. The fourth-order valence-corrected chi connectivity index (χ4v) is 3.22. The summed E-state index contributed by atoms with van der Waals surface area (Å²) >= 11 is 0. The van der Waals surface area contributed by atoms with Crippen LogP contribution in [0.3, 0.4) is 0 Å². The van der Waals surface area contributed by atoms with Gasteiger partial charge in [0.15, 0.2) is 15.6 Å². The van der Waals surface area contributed by atoms with E-state index in [0.29, 0.717) is 0 Å². The van der Waals surface area contributed by atoms with E-state index in [4.69, 9.17) is 0 Å². The summed E-state index contributed by atoms with van der Waals surface area (Å²) in [5, 5.41) is 18.8. The van der Waals surface area contributed by atoms with Crippen molar-refractivity contribution in [3.8, 4) is 11.5 Å². The van der Waals surface area contributed by atoms with Crippen LogP contribution in [-0.4, -0.2) is 30.2 Å². The van der Waals surface area contributed by atoms with Gasteiger partial charge >= 0.3 is 0 Å². The average molecular weight is 306 g/mol. The molecule has 0 aromatic heterocycles. The maximum absolute atomic E-state index is 12.2. The highest BCUT2D eigenvalue weighted by atomic mass is 32.2. The number of rotatable bonds is 4. The Morgan fingerprint density at radius 1 is 1.10 bits per heavy atom. The summed E-state index contributed by atoms with van der Waals surface area (Å²) in [6, 6.07) is 9.67. The highest BCUT2D eigenvalue weighted by molar-refractivity contribution is 7.92. The van der Waals surface area contributed by atoms with Gasteiger partial charge < -0.3 is 10.2 Å². The number of phenolic OH excluding ortho intramolecular Hbond substituents is 2. The quantitative estimate of drug-likeness (QED) is 0.844. The molecule has 2 aromatic rings. The molecule has 110 valence electrons. The number of ketones is 1. The number of carbonyl (C=O) groups excluding carboxylic acids is 1. The van der Waals surface area contributed by atoms with Crippen molar-refractivity contribution in [1.29, 1.82) is 0 Å². The highest BCUT2D eigenvalue weighted by Gasteiger charge is 2.22. The molecule has 5 nitrogen and oxygen atoms in total. The Bertz CT molecular complexity index is 793. The first-order valence-corrected chi connectivity index (χ1v) is 7.79. The number of hydrogen-bond acceptors (Lipinski definition) is 5. The van der Waals surface area contributed by atoms with Crippen LogP contribution in [0.25, 0.3) is 0 Å². The number of sulfone groups is 1. The topological polar surface area (TPSA) is 91.7 Å². The van der Waals surface area contributed by atoms with Crippen LogP contribution in [0.4, 0.5) is 0 Å². The average Bonchev–Trinajstić information content (AvgIpc) is 2.37. The number of aromatic hydroxyl groups is 2. The minimum Gasteiger partial charge on any atom is -0.508 e. The third-order valence-electron chi connectivity index (χ3n) is 2.95. The lowest BCUT2D eigenvalue weighted by Gasteiger charge is -2.06. The van der Waals surface area contributed by atoms with Crippen molar-refractivity contribution in [3.05, 3.63) is 53.6 Å². The summed E-state index contributed by atoms with van der Waals surface area (Å²) in [5.41, 5.74) is 0.639. The van der Waals surface area contributed by atoms with Crippen LogP contribution in [0.15, 0.2) is 47.4 Å². The smallest absolute Gasteiger partial charge is 0.185 e. The first-order chi connectivity index (χ1) is 9.79. The molecule has 2 rings (SSSR count). The van der Waals surface area contributed by atoms with Gasteiger partial charge in [-0.05, 0) is 36.8 Å². The normalized spacial score (nSPS) is 11.3. The molecule has 2 aromatic carbocycles. The van der Waals surface area contributed by atoms with Crippen molar-refractivity contribution in [2.75, 3.05) is 5.75 Å². The fraction of sp³-hybridized carbons (Fsp3) is 0.133. The van der Waals surface area contributed by atoms with Gasteiger partial charge in [0.25, 0.3) is 0 Å². The van der Waals surface area contributed by atoms with Crippen LogP contribution in [0.1, 0.15) is 15.9 Å². The monoisotopic (exact) mass is 306 g/mol. The summed E-state index contributed by atoms with van der Waals surface area (Å²) < 4.78 is 24.4. The van der Waals surface area contributed by atoms with E-state index in [9.17, 15) is 23.4 Å². The van der Waals surface area contributed by atoms with E-state index >= 15 is 0 Å². The second kappa shape index (κ2) is 5.57. The third-order valence-corrected chi connectivity index (χ3v) is 4.57. The minimum absolute atomic E-state index is 0.0640. The van der Waals surface area contributed by atoms with Gasteiger partial charge in [0.05, 0.1) is 10.5 Å². The largest absolute Gasteiger partial charge is 0.508 e. The molecule has 0 fully saturated rings. The van der Waals surface area contributed by atoms with E-state index in [1.54, 1.807) is 19.1 Å². The molecule has 0 unspecified atom stereocenters. The van der Waals surface area contributed by atoms with E-state index in [0.717, 1.165) is 11.6 Å². The number of Topliss-reactive ketones (excluding diaryl/α,β-unsaturated/α-hetero) is 1. The first-order valence-electron chi connectivity index (χ1n) is 6.14. The molecule has 0 heterocycles. The van der Waals surface area contributed by atoms with E-state index in [1.165, 1.54) is 24.3 Å². The maximum atomic E-state index is 12.2. The molecular formula is C15H14O5S. The van der Waals surface area contributed by atoms with Crippen LogP contribution in [0.2, 0.25) is 0 Å². The van der Waals surface area contributed by atoms with Crippen LogP contribution in [0, 0.1) is 6.92 Å². The van der Waals surface area contributed by atoms with Gasteiger partial charge in [-0.25, -0.2) is 8.42 Å². The molecule has 0 aliphatic rings. The Morgan fingerprint density at radius 2 is 1.81 bits per heavy atom. The van der Waals surface area contributed by atoms with Crippen LogP contribution < -0.4 is 0 Å². The van der Waals surface area contributed by atoms with Gasteiger partial charge in [-0.1, -0.05) is 12.1 Å². The molecule has 0 aliphatic carbocycles. The molecular weight excluding hydrogens is 292 g/mol. The van der Waals surface area contributed by atoms with Crippen molar-refractivity contribution in [3.63, 3.8) is 0 Å². The first kappa shape index (κ1) is 15.1. The maximum Gasteiger partial charge on any atom is 0.185 e. The number of aryl methyl sites for hydroxylation is 1. The van der Waals surface area contributed by atoms with Crippen molar-refractivity contribution in [2.45, 2.75) is 11.8 Å². The summed E-state index contributed by atoms with van der Waals surface area (Å²) in [6.45, 7) is 1.76. The Kier molecular flexibility index (Phi) is 3.99. The molecule has 0 spiro atoms. The fourth-order valence-electron chi connectivity index (χ4n) is 1.90. The zero-order valence-electron chi connectivity index (χ0n) is 11.3. The van der Waals surface area contributed by atoms with E-state index in [-0.39, 0.29) is 16.2 Å². The lowest BCUT2D eigenvalue weighted by atomic mass is 10.1. The summed E-state index contributed by atoms with van der Waals surface area (Å²) in [5.74, 6) is -2.12. The van der Waals surface area contributed by atoms with E-state index in [1.807, 2.05) is 0 Å². The van der Waals surface area contributed by atoms with Gasteiger partial charge in [-0.15, -0.1) is 0 Å². The molecule has 0 aliphatic heterocycles. The summed E-state index contributed by atoms with van der Waals surface area (Å²) in [7, 11) is -3.78. The second-order valence-corrected chi connectivity index (χ2v) is 6.69. The zero-order valence-corrected chi connectivity index (χ0v) is 12.1. The van der Waals surface area contributed by atoms with Crippen molar-refractivity contribution in [1.82, 2.24) is 0 Å². The van der Waals surface area contributed by atoms with E-state index in [2.05, 4.69) is 0 Å². The molecule has 0 amide bonds. The molecule has 21 heavy (non-hydrogen) atoms. The predicted molar refractivity (Wildman–Crippen MR) is 77.3 cm³/mol. The second-order valence-electron chi connectivity index (χ2n) is 4.70. The molecule has 2 N–H and O–H groups in total. The van der Waals surface area contributed by atoms with Crippen molar-refractivity contribution >= 4 is 15.6 Å². The number of carbonyl (C=O) groups is 1. The molecule has 0 saturated carbocycles. The van der Waals surface area contributed by atoms with Crippen LogP contribution >= 0.6 is 0 Å². The SMILES string of the molecule is Cc1cccc(S(=O)(=O)CC(=O)c2ccc(O)cc2O)c1. The van der Waals surface area contributed by atoms with Gasteiger partial charge in [-0.3, -0.25) is 4.79 Å². The number of phenols is 2. The van der Waals surface area contributed by atoms with E-state index < -0.39 is 27.1 Å². The lowest BCUT2D eigenvalue weighted by molar-refractivity contribution is 0.101. The summed E-state index contributed by atoms with van der Waals surface area (Å²) in [6.07, 6.45) is 0. The Hall–Kier alpha value is -2.34. The molecule has 0 radical (unpaired) electrons. The molecule has 0 saturated heterocycles. The van der Waals surface area contributed by atoms with Gasteiger partial charge in [0.1, 0.15) is 17.3 Å². The molecule has 0 bridgehead atoms. The van der Waals surface area contributed by atoms with Gasteiger partial charge in [0.2, 0.25) is 0 Å². The van der Waals surface area contributed by atoms with Crippen molar-refractivity contribution < 1.29 is 23.4 Å². The molecule has 6 heteroatoms. The molecule has 0 atom stereocenters. The Labute approximate surface area is 122 Å². The predicted octanol–water partition coefficient (Wildman–Crippen LogP) is 2.06. The lowest BCUT2D eigenvalue weighted by Crippen LogP contribution is -2.16. The van der Waals surface area contributed by atoms with Gasteiger partial charge in [-0.2, -0.15) is 0 Å². The van der Waals surface area contributed by atoms with Crippen LogP contribution in [-0.2, 0) is 9.84 Å². The summed E-state index contributed by atoms with van der Waals surface area (Å²) in [4.78, 5) is 12.1. The number of hydrogen-bond donors (Lipinski definition) is 2. The standard InChI is InChI=1S/C15H14O5S/c1-10-3-2-4-12(7-10)21(19,20)9-15(18)13-6-5-11(16)8-14(13)17/h2-8,16-17H,9H2,1H3. The highest BCUT2D eigenvalue weighted by Crippen LogP contribution is 2.24. The van der Waals surface area contributed by atoms with Crippen LogP contribution in [0.5, 0.6) is 11.5 Å². The van der Waals surface area contributed by atoms with Crippen molar-refractivity contribution in [2.24, 2.45) is 0 Å². The zero-order chi connectivity index (χ0) is 15.6. The number of benzene rings is 2. The minimum atomic E-state index is -3.78. The van der Waals surface area contributed by atoms with Gasteiger partial charge in [0, 0.05) is 6.07 Å². The third kappa shape index (κ3) is 3.41. The Morgan fingerprint density at radius 3 is 2.43 bits per heavy atom.